The van der Waals surface area contributed by atoms with Crippen LogP contribution in [0.3, 0.4) is 0 Å². The summed E-state index contributed by atoms with van der Waals surface area (Å²) in [5, 5.41) is 2.34. The molecule has 0 spiro atoms. The van der Waals surface area contributed by atoms with Gasteiger partial charge in [-0.25, -0.2) is 0 Å². The second-order valence-corrected chi connectivity index (χ2v) is 3.17. The van der Waals surface area contributed by atoms with Crippen molar-refractivity contribution in [2.24, 2.45) is 4.99 Å². The van der Waals surface area contributed by atoms with E-state index >= 15 is 0 Å². The monoisotopic (exact) mass is 212 g/mol. The molecule has 2 rings (SSSR count). The lowest BCUT2D eigenvalue weighted by Crippen LogP contribution is -1.77. The highest BCUT2D eigenvalue weighted by atomic mass is 32.1. The van der Waals surface area contributed by atoms with Crippen LogP contribution in [0.4, 0.5) is 5.69 Å². The van der Waals surface area contributed by atoms with Gasteiger partial charge in [0.2, 0.25) is 0 Å². The molecule has 0 amide bonds. The fourth-order valence-electron chi connectivity index (χ4n) is 1.31. The largest absolute Gasteiger partial charge is 0.264 e. The predicted octanol–water partition coefficient (Wildman–Crippen LogP) is 3.48. The van der Waals surface area contributed by atoms with E-state index in [-0.39, 0.29) is 0 Å². The van der Waals surface area contributed by atoms with Crippen LogP contribution in [0.5, 0.6) is 0 Å². The Morgan fingerprint density at radius 3 is 2.47 bits per heavy atom. The second-order valence-electron chi connectivity index (χ2n) is 2.99. The van der Waals surface area contributed by atoms with Gasteiger partial charge in [0.1, 0.15) is 0 Å². The van der Waals surface area contributed by atoms with Crippen molar-refractivity contribution < 1.29 is 0 Å². The smallest absolute Gasteiger partial charge is 0.0739 e. The fourth-order valence-corrected chi connectivity index (χ4v) is 1.42. The normalized spacial score (nSPS) is 9.33. The van der Waals surface area contributed by atoms with Gasteiger partial charge in [-0.2, -0.15) is 4.99 Å². The van der Waals surface area contributed by atoms with E-state index in [1.165, 1.54) is 0 Å². The van der Waals surface area contributed by atoms with E-state index in [4.69, 9.17) is 0 Å². The average molecular weight is 212 g/mol. The minimum atomic E-state index is 0.817. The predicted molar refractivity (Wildman–Crippen MR) is 64.4 cm³/mol. The van der Waals surface area contributed by atoms with Crippen LogP contribution in [0.1, 0.15) is 0 Å². The number of hydrogen-bond acceptors (Lipinski definition) is 3. The molecule has 0 aliphatic carbocycles. The zero-order chi connectivity index (χ0) is 10.5. The Hall–Kier alpha value is -1.83. The van der Waals surface area contributed by atoms with E-state index in [1.807, 2.05) is 42.6 Å². The molecule has 1 heterocycles. The number of isothiocyanates is 1. The molecule has 2 nitrogen and oxygen atoms in total. The van der Waals surface area contributed by atoms with Crippen molar-refractivity contribution in [1.29, 1.82) is 0 Å². The van der Waals surface area contributed by atoms with Crippen molar-refractivity contribution in [2.45, 2.75) is 0 Å². The van der Waals surface area contributed by atoms with Gasteiger partial charge >= 0.3 is 0 Å². The van der Waals surface area contributed by atoms with Crippen molar-refractivity contribution in [3.05, 3.63) is 48.8 Å². The maximum absolute atomic E-state index is 4.53. The van der Waals surface area contributed by atoms with E-state index in [1.54, 1.807) is 6.20 Å². The van der Waals surface area contributed by atoms with Gasteiger partial charge in [0.15, 0.2) is 0 Å². The molecule has 2 aromatic rings. The summed E-state index contributed by atoms with van der Waals surface area (Å²) in [6, 6.07) is 11.7. The molecular formula is C12H8N2S. The number of thiocarbonyl (C=S) groups is 1. The molecule has 0 unspecified atom stereocenters. The third-order valence-corrected chi connectivity index (χ3v) is 2.13. The highest BCUT2D eigenvalue weighted by molar-refractivity contribution is 7.78. The molecule has 0 N–H and O–H groups in total. The maximum Gasteiger partial charge on any atom is 0.0739 e. The molecule has 0 saturated carbocycles. The molecule has 72 valence electrons. The van der Waals surface area contributed by atoms with Gasteiger partial charge < -0.3 is 0 Å². The van der Waals surface area contributed by atoms with Gasteiger partial charge in [-0.1, -0.05) is 18.2 Å². The Morgan fingerprint density at radius 2 is 1.87 bits per heavy atom. The van der Waals surface area contributed by atoms with Gasteiger partial charge in [-0.05, 0) is 41.5 Å². The van der Waals surface area contributed by atoms with Crippen LogP contribution in [0.15, 0.2) is 53.8 Å². The fraction of sp³-hybridized carbons (Fsp3) is 0. The number of benzene rings is 1. The van der Waals surface area contributed by atoms with E-state index in [2.05, 4.69) is 27.4 Å². The van der Waals surface area contributed by atoms with Crippen LogP contribution in [0.2, 0.25) is 0 Å². The molecule has 0 fully saturated rings. The zero-order valence-corrected chi connectivity index (χ0v) is 8.74. The third-order valence-electron chi connectivity index (χ3n) is 2.04. The molecule has 0 aliphatic heterocycles. The number of hydrogen-bond donors (Lipinski definition) is 0. The zero-order valence-electron chi connectivity index (χ0n) is 7.92. The van der Waals surface area contributed by atoms with E-state index in [0.29, 0.717) is 0 Å². The summed E-state index contributed by atoms with van der Waals surface area (Å²) in [6.45, 7) is 0. The van der Waals surface area contributed by atoms with Crippen LogP contribution in [-0.2, 0) is 0 Å². The molecule has 3 heteroatoms. The summed E-state index contributed by atoms with van der Waals surface area (Å²) < 4.78 is 0. The number of nitrogens with zero attached hydrogens (tertiary/aromatic N) is 2. The Balaban J connectivity index is 2.36. The van der Waals surface area contributed by atoms with E-state index in [0.717, 1.165) is 16.8 Å². The third kappa shape index (κ3) is 2.34. The van der Waals surface area contributed by atoms with Crippen LogP contribution < -0.4 is 0 Å². The Labute approximate surface area is 93.3 Å². The topological polar surface area (TPSA) is 25.2 Å². The van der Waals surface area contributed by atoms with Crippen molar-refractivity contribution in [2.75, 3.05) is 0 Å². The van der Waals surface area contributed by atoms with Crippen LogP contribution in [0, 0.1) is 0 Å². The van der Waals surface area contributed by atoms with E-state index in [9.17, 15) is 0 Å². The lowest BCUT2D eigenvalue weighted by Gasteiger charge is -1.99. The molecule has 0 bridgehead atoms. The van der Waals surface area contributed by atoms with Gasteiger partial charge in [0, 0.05) is 12.4 Å². The summed E-state index contributed by atoms with van der Waals surface area (Å²) >= 11 is 4.53. The van der Waals surface area contributed by atoms with Crippen molar-refractivity contribution >= 4 is 23.1 Å². The van der Waals surface area contributed by atoms with Crippen molar-refractivity contribution in [3.8, 4) is 11.1 Å². The summed E-state index contributed by atoms with van der Waals surface area (Å²) in [6.07, 6.45) is 3.59. The molecule has 0 aliphatic rings. The highest BCUT2D eigenvalue weighted by Crippen LogP contribution is 2.21. The number of aliphatic imine (C=N–C) groups is 1. The first-order valence-corrected chi connectivity index (χ1v) is 4.89. The minimum absolute atomic E-state index is 0.817. The second kappa shape index (κ2) is 4.60. The number of aromatic nitrogens is 1. The summed E-state index contributed by atoms with van der Waals surface area (Å²) in [7, 11) is 0. The van der Waals surface area contributed by atoms with Gasteiger partial charge in [-0.15, -0.1) is 0 Å². The molecular weight excluding hydrogens is 204 g/mol. The van der Waals surface area contributed by atoms with Gasteiger partial charge in [0.05, 0.1) is 10.8 Å². The Morgan fingerprint density at radius 1 is 1.07 bits per heavy atom. The minimum Gasteiger partial charge on any atom is -0.264 e. The molecule has 0 radical (unpaired) electrons. The SMILES string of the molecule is S=C=Nc1ccc(-c2cccnc2)cc1. The van der Waals surface area contributed by atoms with Crippen LogP contribution in [-0.4, -0.2) is 10.1 Å². The van der Waals surface area contributed by atoms with Crippen LogP contribution in [0.25, 0.3) is 11.1 Å². The molecule has 0 saturated heterocycles. The standard InChI is InChI=1S/C12H8N2S/c15-9-14-12-5-3-10(4-6-12)11-2-1-7-13-8-11/h1-8H. The van der Waals surface area contributed by atoms with Crippen molar-refractivity contribution in [3.63, 3.8) is 0 Å². The quantitative estimate of drug-likeness (QED) is 0.562. The van der Waals surface area contributed by atoms with Crippen molar-refractivity contribution in [1.82, 2.24) is 4.98 Å². The summed E-state index contributed by atoms with van der Waals surface area (Å²) in [5.74, 6) is 0. The first-order valence-electron chi connectivity index (χ1n) is 4.48. The lowest BCUT2D eigenvalue weighted by molar-refractivity contribution is 1.33. The number of rotatable bonds is 2. The van der Waals surface area contributed by atoms with Gasteiger partial charge in [0.25, 0.3) is 0 Å². The molecule has 1 aromatic carbocycles. The molecule has 1 aromatic heterocycles. The maximum atomic E-state index is 4.53. The van der Waals surface area contributed by atoms with Crippen LogP contribution >= 0.6 is 12.2 Å². The van der Waals surface area contributed by atoms with E-state index < -0.39 is 0 Å². The Kier molecular flexibility index (Phi) is 2.98. The summed E-state index contributed by atoms with van der Waals surface area (Å²) in [5.41, 5.74) is 3.03. The number of pyridine rings is 1. The summed E-state index contributed by atoms with van der Waals surface area (Å²) in [4.78, 5) is 7.96. The lowest BCUT2D eigenvalue weighted by atomic mass is 10.1. The highest BCUT2D eigenvalue weighted by Gasteiger charge is 1.96. The average Bonchev–Trinajstić information content (AvgIpc) is 2.32. The molecule has 0 atom stereocenters. The molecule has 15 heavy (non-hydrogen) atoms. The Bertz CT molecular complexity index is 485. The first-order chi connectivity index (χ1) is 7.40. The first kappa shape index (κ1) is 9.71. The van der Waals surface area contributed by atoms with Gasteiger partial charge in [-0.3, -0.25) is 4.98 Å².